The second-order valence-electron chi connectivity index (χ2n) is 6.41. The molecular formula is C17H23ClN2O2. The third kappa shape index (κ3) is 3.29. The monoisotopic (exact) mass is 322 g/mol. The number of carbonyl (C=O) groups is 1. The van der Waals surface area contributed by atoms with Gasteiger partial charge >= 0.3 is 0 Å². The molecule has 0 aromatic heterocycles. The minimum absolute atomic E-state index is 0.119. The van der Waals surface area contributed by atoms with Crippen molar-refractivity contribution < 1.29 is 9.90 Å². The van der Waals surface area contributed by atoms with E-state index < -0.39 is 5.60 Å². The van der Waals surface area contributed by atoms with E-state index in [2.05, 4.69) is 16.3 Å². The Morgan fingerprint density at radius 3 is 2.64 bits per heavy atom. The Kier molecular flexibility index (Phi) is 4.71. The number of hydrogen-bond donors (Lipinski definition) is 2. The summed E-state index contributed by atoms with van der Waals surface area (Å²) in [5.74, 6) is -0.232. The average Bonchev–Trinajstić information content (AvgIpc) is 2.99. The van der Waals surface area contributed by atoms with Gasteiger partial charge in [-0.15, -0.1) is 0 Å². The first-order valence-electron chi connectivity index (χ1n) is 8.09. The SMILES string of the molecule is O=C(NCC(c1cccc(Cl)c1)N1CCCC1)C1(O)CCC1. The molecule has 1 aliphatic carbocycles. The molecule has 1 amide bonds. The van der Waals surface area contributed by atoms with Gasteiger partial charge in [0, 0.05) is 11.6 Å². The van der Waals surface area contributed by atoms with Gasteiger partial charge in [0.1, 0.15) is 5.60 Å². The third-order valence-corrected chi connectivity index (χ3v) is 5.11. The molecular weight excluding hydrogens is 300 g/mol. The molecule has 2 aliphatic rings. The fraction of sp³-hybridized carbons (Fsp3) is 0.588. The van der Waals surface area contributed by atoms with Gasteiger partial charge in [-0.2, -0.15) is 0 Å². The quantitative estimate of drug-likeness (QED) is 0.876. The van der Waals surface area contributed by atoms with Crippen LogP contribution in [-0.4, -0.2) is 41.1 Å². The molecule has 1 unspecified atom stereocenters. The Bertz CT molecular complexity index is 539. The summed E-state index contributed by atoms with van der Waals surface area (Å²) in [4.78, 5) is 14.5. The van der Waals surface area contributed by atoms with Crippen molar-refractivity contribution in [1.82, 2.24) is 10.2 Å². The molecule has 2 fully saturated rings. The van der Waals surface area contributed by atoms with Crippen LogP contribution in [0.3, 0.4) is 0 Å². The fourth-order valence-corrected chi connectivity index (χ4v) is 3.52. The Morgan fingerprint density at radius 2 is 2.05 bits per heavy atom. The summed E-state index contributed by atoms with van der Waals surface area (Å²) >= 11 is 6.12. The number of rotatable bonds is 5. The first-order valence-corrected chi connectivity index (χ1v) is 8.46. The highest BCUT2D eigenvalue weighted by Gasteiger charge is 2.42. The van der Waals surface area contributed by atoms with Crippen LogP contribution < -0.4 is 5.32 Å². The normalized spacial score (nSPS) is 22.1. The molecule has 120 valence electrons. The van der Waals surface area contributed by atoms with Crippen LogP contribution >= 0.6 is 11.6 Å². The van der Waals surface area contributed by atoms with Crippen molar-refractivity contribution in [1.29, 1.82) is 0 Å². The van der Waals surface area contributed by atoms with Crippen LogP contribution in [0.15, 0.2) is 24.3 Å². The lowest BCUT2D eigenvalue weighted by molar-refractivity contribution is -0.148. The molecule has 3 rings (SSSR count). The minimum Gasteiger partial charge on any atom is -0.380 e. The smallest absolute Gasteiger partial charge is 0.252 e. The summed E-state index contributed by atoms with van der Waals surface area (Å²) in [6.07, 6.45) is 4.45. The molecule has 1 saturated heterocycles. The van der Waals surface area contributed by atoms with E-state index in [0.717, 1.165) is 25.1 Å². The molecule has 1 aliphatic heterocycles. The van der Waals surface area contributed by atoms with Crippen LogP contribution in [0.5, 0.6) is 0 Å². The van der Waals surface area contributed by atoms with Crippen LogP contribution in [0.4, 0.5) is 0 Å². The van der Waals surface area contributed by atoms with Gasteiger partial charge in [0.05, 0.1) is 6.04 Å². The van der Waals surface area contributed by atoms with Gasteiger partial charge in [0.2, 0.25) is 0 Å². The maximum Gasteiger partial charge on any atom is 0.252 e. The molecule has 1 saturated carbocycles. The zero-order valence-corrected chi connectivity index (χ0v) is 13.5. The van der Waals surface area contributed by atoms with Gasteiger partial charge in [0.25, 0.3) is 5.91 Å². The van der Waals surface area contributed by atoms with Crippen molar-refractivity contribution in [3.05, 3.63) is 34.9 Å². The molecule has 1 heterocycles. The Hall–Kier alpha value is -1.10. The second kappa shape index (κ2) is 6.57. The number of hydrogen-bond acceptors (Lipinski definition) is 3. The summed E-state index contributed by atoms with van der Waals surface area (Å²) in [6.45, 7) is 2.59. The Labute approximate surface area is 136 Å². The number of likely N-dealkylation sites (tertiary alicyclic amines) is 1. The maximum atomic E-state index is 12.2. The van der Waals surface area contributed by atoms with E-state index in [-0.39, 0.29) is 11.9 Å². The van der Waals surface area contributed by atoms with Crippen molar-refractivity contribution in [3.63, 3.8) is 0 Å². The predicted octanol–water partition coefficient (Wildman–Crippen LogP) is 2.51. The van der Waals surface area contributed by atoms with Crippen LogP contribution in [0.2, 0.25) is 5.02 Å². The van der Waals surface area contributed by atoms with Gasteiger partial charge in [-0.05, 0) is 62.9 Å². The van der Waals surface area contributed by atoms with Gasteiger partial charge < -0.3 is 10.4 Å². The van der Waals surface area contributed by atoms with Crippen LogP contribution in [0.1, 0.15) is 43.7 Å². The van der Waals surface area contributed by atoms with E-state index in [1.165, 1.54) is 12.8 Å². The average molecular weight is 323 g/mol. The van der Waals surface area contributed by atoms with Crippen molar-refractivity contribution in [3.8, 4) is 0 Å². The third-order valence-electron chi connectivity index (χ3n) is 4.87. The molecule has 1 aromatic rings. The number of aliphatic hydroxyl groups is 1. The lowest BCUT2D eigenvalue weighted by Crippen LogP contribution is -2.53. The highest BCUT2D eigenvalue weighted by Crippen LogP contribution is 2.32. The highest BCUT2D eigenvalue weighted by atomic mass is 35.5. The van der Waals surface area contributed by atoms with Crippen LogP contribution in [0.25, 0.3) is 0 Å². The van der Waals surface area contributed by atoms with E-state index >= 15 is 0 Å². The first-order chi connectivity index (χ1) is 10.6. The van der Waals surface area contributed by atoms with Crippen molar-refractivity contribution in [2.75, 3.05) is 19.6 Å². The fourth-order valence-electron chi connectivity index (χ4n) is 3.32. The molecule has 0 radical (unpaired) electrons. The molecule has 1 atom stereocenters. The summed E-state index contributed by atoms with van der Waals surface area (Å²) in [5.41, 5.74) is -0.0144. The number of nitrogens with one attached hydrogen (secondary N) is 1. The second-order valence-corrected chi connectivity index (χ2v) is 6.85. The predicted molar refractivity (Wildman–Crippen MR) is 86.8 cm³/mol. The summed E-state index contributed by atoms with van der Waals surface area (Å²) in [6, 6.07) is 7.95. The summed E-state index contributed by atoms with van der Waals surface area (Å²) in [7, 11) is 0. The molecule has 5 heteroatoms. The van der Waals surface area contributed by atoms with E-state index in [0.29, 0.717) is 24.4 Å². The van der Waals surface area contributed by atoms with Gasteiger partial charge in [-0.25, -0.2) is 0 Å². The topological polar surface area (TPSA) is 52.6 Å². The molecule has 2 N–H and O–H groups in total. The Balaban J connectivity index is 1.70. The van der Waals surface area contributed by atoms with Crippen molar-refractivity contribution >= 4 is 17.5 Å². The van der Waals surface area contributed by atoms with Gasteiger partial charge in [0.15, 0.2) is 0 Å². The zero-order valence-electron chi connectivity index (χ0n) is 12.7. The van der Waals surface area contributed by atoms with Gasteiger partial charge in [-0.3, -0.25) is 9.69 Å². The number of amides is 1. The number of halogens is 1. The van der Waals surface area contributed by atoms with E-state index in [9.17, 15) is 9.90 Å². The molecule has 1 aromatic carbocycles. The highest BCUT2D eigenvalue weighted by molar-refractivity contribution is 6.30. The zero-order chi connectivity index (χ0) is 15.6. The lowest BCUT2D eigenvalue weighted by Gasteiger charge is -2.36. The van der Waals surface area contributed by atoms with Gasteiger partial charge in [-0.1, -0.05) is 23.7 Å². The summed E-state index contributed by atoms with van der Waals surface area (Å²) < 4.78 is 0. The van der Waals surface area contributed by atoms with E-state index in [4.69, 9.17) is 11.6 Å². The van der Waals surface area contributed by atoms with Crippen molar-refractivity contribution in [2.24, 2.45) is 0 Å². The molecule has 0 bridgehead atoms. The maximum absolute atomic E-state index is 12.2. The lowest BCUT2D eigenvalue weighted by atomic mass is 9.79. The molecule has 22 heavy (non-hydrogen) atoms. The minimum atomic E-state index is -1.14. The van der Waals surface area contributed by atoms with Crippen LogP contribution in [-0.2, 0) is 4.79 Å². The first kappa shape index (κ1) is 15.8. The van der Waals surface area contributed by atoms with Crippen molar-refractivity contribution in [2.45, 2.75) is 43.7 Å². The van der Waals surface area contributed by atoms with Crippen LogP contribution in [0, 0.1) is 0 Å². The largest absolute Gasteiger partial charge is 0.380 e. The van der Waals surface area contributed by atoms with E-state index in [1.54, 1.807) is 0 Å². The molecule has 4 nitrogen and oxygen atoms in total. The molecule has 0 spiro atoms. The Morgan fingerprint density at radius 1 is 1.32 bits per heavy atom. The number of nitrogens with zero attached hydrogens (tertiary/aromatic N) is 1. The summed E-state index contributed by atoms with van der Waals surface area (Å²) in [5, 5.41) is 13.8. The standard InChI is InChI=1S/C17H23ClN2O2/c18-14-6-3-5-13(11-14)15(20-9-1-2-10-20)12-19-16(21)17(22)7-4-8-17/h3,5-6,11,15,22H,1-2,4,7-10,12H2,(H,19,21). The number of carbonyl (C=O) groups excluding carboxylic acids is 1. The van der Waals surface area contributed by atoms with E-state index in [1.807, 2.05) is 18.2 Å². The number of benzene rings is 1.